The number of rotatable bonds is 7. The van der Waals surface area contributed by atoms with Crippen LogP contribution >= 0.6 is 27.5 Å². The summed E-state index contributed by atoms with van der Waals surface area (Å²) in [7, 11) is 0. The van der Waals surface area contributed by atoms with Crippen molar-refractivity contribution in [1.82, 2.24) is 5.32 Å². The van der Waals surface area contributed by atoms with E-state index in [9.17, 15) is 18.0 Å². The van der Waals surface area contributed by atoms with Crippen LogP contribution in [0, 0.1) is 5.92 Å². The van der Waals surface area contributed by atoms with Crippen molar-refractivity contribution in [1.29, 1.82) is 0 Å². The molecule has 0 unspecified atom stereocenters. The fourth-order valence-corrected chi connectivity index (χ4v) is 3.51. The molecule has 0 bridgehead atoms. The number of amides is 1. The van der Waals surface area contributed by atoms with Gasteiger partial charge in [0.05, 0.1) is 11.3 Å². The smallest absolute Gasteiger partial charge is 0.404 e. The van der Waals surface area contributed by atoms with E-state index in [1.54, 1.807) is 18.2 Å². The molecule has 30 heavy (non-hydrogen) atoms. The van der Waals surface area contributed by atoms with E-state index in [0.717, 1.165) is 12.8 Å². The number of alkyl halides is 3. The van der Waals surface area contributed by atoms with Crippen LogP contribution in [0.15, 0.2) is 51.8 Å². The summed E-state index contributed by atoms with van der Waals surface area (Å²) in [5.74, 6) is -1.16. The molecule has 1 aromatic rings. The zero-order chi connectivity index (χ0) is 22.3. The molecule has 0 saturated carbocycles. The largest absolute Gasteiger partial charge is 0.434 e. The quantitative estimate of drug-likeness (QED) is 0.376. The van der Waals surface area contributed by atoms with Crippen LogP contribution in [0.5, 0.6) is 0 Å². The van der Waals surface area contributed by atoms with E-state index >= 15 is 0 Å². The van der Waals surface area contributed by atoms with Gasteiger partial charge in [-0.05, 0) is 52.9 Å². The lowest BCUT2D eigenvalue weighted by Crippen LogP contribution is -2.38. The molecule has 0 spiro atoms. The van der Waals surface area contributed by atoms with Crippen LogP contribution in [-0.4, -0.2) is 37.6 Å². The van der Waals surface area contributed by atoms with Gasteiger partial charge < -0.3 is 21.1 Å². The Morgan fingerprint density at radius 2 is 2.07 bits per heavy atom. The molecule has 1 aliphatic rings. The highest BCUT2D eigenvalue weighted by Crippen LogP contribution is 2.28. The van der Waals surface area contributed by atoms with Crippen LogP contribution < -0.4 is 16.4 Å². The lowest BCUT2D eigenvalue weighted by atomic mass is 10.00. The van der Waals surface area contributed by atoms with Gasteiger partial charge in [-0.1, -0.05) is 18.2 Å². The highest BCUT2D eigenvalue weighted by molar-refractivity contribution is 9.10. The number of hydrogen-bond acceptors (Lipinski definition) is 5. The number of aliphatic imine (C=N–C) groups is 1. The first kappa shape index (κ1) is 24.2. The standard InChI is InChI=1S/C19H21BrClF3N4O2/c1-11(27-16-3-2-13(21)8-15(16)20)28-17(19(22,23)24)14(9-25)18(29)26-10-12-4-6-30-7-5-12/h2-3,8-9,12,27H,1,4-7,10,25H2,(H,26,29)/b14-9+,28-17+. The Balaban J connectivity index is 2.16. The molecular formula is C19H21BrClF3N4O2. The molecule has 0 atom stereocenters. The number of carbonyl (C=O) groups excluding carboxylic acids is 1. The van der Waals surface area contributed by atoms with E-state index in [1.165, 1.54) is 0 Å². The molecule has 0 aliphatic carbocycles. The van der Waals surface area contributed by atoms with E-state index in [1.807, 2.05) is 0 Å². The van der Waals surface area contributed by atoms with Crippen molar-refractivity contribution in [3.8, 4) is 0 Å². The molecular weight excluding hydrogens is 489 g/mol. The van der Waals surface area contributed by atoms with Crippen molar-refractivity contribution >= 4 is 44.8 Å². The summed E-state index contributed by atoms with van der Waals surface area (Å²) in [6, 6.07) is 4.65. The Morgan fingerprint density at radius 1 is 1.40 bits per heavy atom. The van der Waals surface area contributed by atoms with E-state index in [4.69, 9.17) is 22.1 Å². The van der Waals surface area contributed by atoms with Crippen LogP contribution in [0.3, 0.4) is 0 Å². The summed E-state index contributed by atoms with van der Waals surface area (Å²) in [5.41, 5.74) is 3.52. The van der Waals surface area contributed by atoms with Crippen LogP contribution in [0.1, 0.15) is 12.8 Å². The maximum absolute atomic E-state index is 13.6. The number of halogens is 5. The van der Waals surface area contributed by atoms with Gasteiger partial charge in [0.15, 0.2) is 5.71 Å². The fraction of sp³-hybridized carbons (Fsp3) is 0.368. The number of carbonyl (C=O) groups is 1. The molecule has 2 rings (SSSR count). The molecule has 1 aliphatic heterocycles. The normalized spacial score (nSPS) is 16.3. The Hall–Kier alpha value is -2.04. The van der Waals surface area contributed by atoms with Crippen molar-refractivity contribution in [3.63, 3.8) is 0 Å². The third-order valence-corrected chi connectivity index (χ3v) is 5.18. The Morgan fingerprint density at radius 3 is 2.63 bits per heavy atom. The number of nitrogens with one attached hydrogen (secondary N) is 2. The van der Waals surface area contributed by atoms with Gasteiger partial charge in [-0.15, -0.1) is 0 Å². The summed E-state index contributed by atoms with van der Waals surface area (Å²) in [6.07, 6.45) is -2.89. The molecule has 1 heterocycles. The van der Waals surface area contributed by atoms with Crippen molar-refractivity contribution in [2.75, 3.05) is 25.1 Å². The highest BCUT2D eigenvalue weighted by atomic mass is 79.9. The summed E-state index contributed by atoms with van der Waals surface area (Å²) in [6.45, 7) is 4.83. The molecule has 1 fully saturated rings. The maximum Gasteiger partial charge on any atom is 0.434 e. The van der Waals surface area contributed by atoms with E-state index in [-0.39, 0.29) is 18.3 Å². The van der Waals surface area contributed by atoms with E-state index in [2.05, 4.69) is 38.1 Å². The van der Waals surface area contributed by atoms with Crippen LogP contribution in [0.25, 0.3) is 0 Å². The van der Waals surface area contributed by atoms with Gasteiger partial charge in [0.2, 0.25) is 0 Å². The van der Waals surface area contributed by atoms with E-state index in [0.29, 0.717) is 34.6 Å². The Kier molecular flexibility index (Phi) is 8.75. The second kappa shape index (κ2) is 10.8. The summed E-state index contributed by atoms with van der Waals surface area (Å²) in [4.78, 5) is 15.9. The van der Waals surface area contributed by atoms with Gasteiger partial charge in [-0.2, -0.15) is 13.2 Å². The predicted molar refractivity (Wildman–Crippen MR) is 114 cm³/mol. The van der Waals surface area contributed by atoms with E-state index < -0.39 is 23.4 Å². The summed E-state index contributed by atoms with van der Waals surface area (Å²) < 4.78 is 46.6. The van der Waals surface area contributed by atoms with Crippen molar-refractivity contribution in [3.05, 3.63) is 51.9 Å². The maximum atomic E-state index is 13.6. The number of ether oxygens (including phenoxy) is 1. The third kappa shape index (κ3) is 7.03. The predicted octanol–water partition coefficient (Wildman–Crippen LogP) is 4.37. The topological polar surface area (TPSA) is 88.7 Å². The average molecular weight is 510 g/mol. The molecule has 0 radical (unpaired) electrons. The SMILES string of the molecule is C=C(/N=C(\C(=C/N)C(=O)NCC1CCOCC1)C(F)(F)F)Nc1ccc(Cl)cc1Br. The average Bonchev–Trinajstić information content (AvgIpc) is 2.68. The molecule has 6 nitrogen and oxygen atoms in total. The first-order valence-corrected chi connectivity index (χ1v) is 10.1. The molecule has 11 heteroatoms. The minimum absolute atomic E-state index is 0.131. The Labute approximate surface area is 185 Å². The monoisotopic (exact) mass is 508 g/mol. The number of nitrogens with zero attached hydrogens (tertiary/aromatic N) is 1. The Bertz CT molecular complexity index is 853. The van der Waals surface area contributed by atoms with Crippen molar-refractivity contribution in [2.45, 2.75) is 19.0 Å². The molecule has 164 valence electrons. The van der Waals surface area contributed by atoms with Gasteiger partial charge in [0.25, 0.3) is 5.91 Å². The van der Waals surface area contributed by atoms with Crippen LogP contribution in [-0.2, 0) is 9.53 Å². The zero-order valence-electron chi connectivity index (χ0n) is 15.9. The molecule has 0 aromatic heterocycles. The number of hydrogen-bond donors (Lipinski definition) is 3. The second-order valence-corrected chi connectivity index (χ2v) is 7.79. The first-order valence-electron chi connectivity index (χ1n) is 8.97. The first-order chi connectivity index (χ1) is 14.1. The number of benzene rings is 1. The molecule has 1 amide bonds. The van der Waals surface area contributed by atoms with Crippen molar-refractivity contribution in [2.24, 2.45) is 16.6 Å². The number of anilines is 1. The van der Waals surface area contributed by atoms with Crippen molar-refractivity contribution < 1.29 is 22.7 Å². The molecule has 4 N–H and O–H groups in total. The third-order valence-electron chi connectivity index (χ3n) is 4.28. The minimum atomic E-state index is -4.93. The van der Waals surface area contributed by atoms with Gasteiger partial charge in [-0.3, -0.25) is 4.79 Å². The van der Waals surface area contributed by atoms with Gasteiger partial charge in [0.1, 0.15) is 5.82 Å². The minimum Gasteiger partial charge on any atom is -0.404 e. The summed E-state index contributed by atoms with van der Waals surface area (Å²) >= 11 is 9.09. The highest BCUT2D eigenvalue weighted by Gasteiger charge is 2.40. The molecule has 1 aromatic carbocycles. The lowest BCUT2D eigenvalue weighted by molar-refractivity contribution is -0.118. The zero-order valence-corrected chi connectivity index (χ0v) is 18.2. The second-order valence-electron chi connectivity index (χ2n) is 6.50. The lowest BCUT2D eigenvalue weighted by Gasteiger charge is -2.22. The van der Waals surface area contributed by atoms with Crippen LogP contribution in [0.2, 0.25) is 5.02 Å². The summed E-state index contributed by atoms with van der Waals surface area (Å²) in [5, 5.41) is 5.58. The van der Waals surface area contributed by atoms with Gasteiger partial charge >= 0.3 is 6.18 Å². The van der Waals surface area contributed by atoms with Crippen LogP contribution in [0.4, 0.5) is 18.9 Å². The molecule has 1 saturated heterocycles. The fourth-order valence-electron chi connectivity index (χ4n) is 2.73. The van der Waals surface area contributed by atoms with Gasteiger partial charge in [-0.25, -0.2) is 4.99 Å². The number of nitrogens with two attached hydrogens (primary N) is 1. The van der Waals surface area contributed by atoms with Gasteiger partial charge in [0, 0.05) is 35.5 Å².